The van der Waals surface area contributed by atoms with Gasteiger partial charge in [-0.15, -0.1) is 0 Å². The van der Waals surface area contributed by atoms with Crippen LogP contribution in [0.25, 0.3) is 0 Å². The molecular formula is C17H28N2O. The lowest BCUT2D eigenvalue weighted by Gasteiger charge is -2.26. The van der Waals surface area contributed by atoms with Gasteiger partial charge < -0.3 is 10.1 Å². The van der Waals surface area contributed by atoms with Crippen LogP contribution >= 0.6 is 0 Å². The zero-order valence-corrected chi connectivity index (χ0v) is 12.9. The molecule has 3 heteroatoms. The van der Waals surface area contributed by atoms with Gasteiger partial charge in [0.05, 0.1) is 13.2 Å². The molecule has 1 saturated heterocycles. The molecule has 0 aliphatic carbocycles. The van der Waals surface area contributed by atoms with Crippen molar-refractivity contribution in [2.75, 3.05) is 39.4 Å². The van der Waals surface area contributed by atoms with Gasteiger partial charge in [0.2, 0.25) is 0 Å². The van der Waals surface area contributed by atoms with Crippen molar-refractivity contribution in [3.05, 3.63) is 35.4 Å². The number of aryl methyl sites for hydroxylation is 1. The van der Waals surface area contributed by atoms with Gasteiger partial charge in [-0.3, -0.25) is 4.90 Å². The van der Waals surface area contributed by atoms with Gasteiger partial charge >= 0.3 is 0 Å². The lowest BCUT2D eigenvalue weighted by Crippen LogP contribution is -2.37. The van der Waals surface area contributed by atoms with Crippen molar-refractivity contribution in [3.63, 3.8) is 0 Å². The topological polar surface area (TPSA) is 24.5 Å². The summed E-state index contributed by atoms with van der Waals surface area (Å²) in [5.41, 5.74) is 2.79. The summed E-state index contributed by atoms with van der Waals surface area (Å²) in [6.45, 7) is 10.7. The first-order valence-corrected chi connectivity index (χ1v) is 7.92. The van der Waals surface area contributed by atoms with Crippen LogP contribution in [0, 0.1) is 0 Å². The van der Waals surface area contributed by atoms with Gasteiger partial charge in [-0.2, -0.15) is 0 Å². The fourth-order valence-corrected chi connectivity index (χ4v) is 2.61. The number of nitrogens with one attached hydrogen (secondary N) is 1. The largest absolute Gasteiger partial charge is 0.379 e. The van der Waals surface area contributed by atoms with E-state index < -0.39 is 0 Å². The molecule has 1 atom stereocenters. The molecule has 0 spiro atoms. The van der Waals surface area contributed by atoms with E-state index in [-0.39, 0.29) is 0 Å². The van der Waals surface area contributed by atoms with E-state index in [9.17, 15) is 0 Å². The zero-order chi connectivity index (χ0) is 14.2. The third kappa shape index (κ3) is 4.89. The molecule has 3 nitrogen and oxygen atoms in total. The maximum absolute atomic E-state index is 5.36. The number of benzene rings is 1. The van der Waals surface area contributed by atoms with Crippen molar-refractivity contribution in [2.45, 2.75) is 32.7 Å². The van der Waals surface area contributed by atoms with Crippen LogP contribution in [-0.4, -0.2) is 44.3 Å². The van der Waals surface area contributed by atoms with E-state index in [0.29, 0.717) is 6.04 Å². The molecule has 0 bridgehead atoms. The molecule has 2 rings (SSSR count). The van der Waals surface area contributed by atoms with Crippen molar-refractivity contribution in [1.82, 2.24) is 10.2 Å². The predicted octanol–water partition coefficient (Wildman–Crippen LogP) is 2.62. The first-order chi connectivity index (χ1) is 9.79. The summed E-state index contributed by atoms with van der Waals surface area (Å²) >= 11 is 0. The van der Waals surface area contributed by atoms with Crippen LogP contribution in [0.5, 0.6) is 0 Å². The average molecular weight is 276 g/mol. The van der Waals surface area contributed by atoms with Gasteiger partial charge in [0, 0.05) is 19.1 Å². The highest BCUT2D eigenvalue weighted by atomic mass is 16.5. The maximum Gasteiger partial charge on any atom is 0.0594 e. The summed E-state index contributed by atoms with van der Waals surface area (Å²) in [6.07, 6.45) is 2.32. The molecule has 0 radical (unpaired) electrons. The van der Waals surface area contributed by atoms with Gasteiger partial charge in [-0.25, -0.2) is 0 Å². The SMILES string of the molecule is CCc1ccc(C(C)NCCCN2CCOCC2)cc1. The highest BCUT2D eigenvalue weighted by Gasteiger charge is 2.09. The van der Waals surface area contributed by atoms with E-state index in [1.54, 1.807) is 0 Å². The number of hydrogen-bond donors (Lipinski definition) is 1. The predicted molar refractivity (Wildman–Crippen MR) is 84.1 cm³/mol. The Morgan fingerprint density at radius 1 is 1.20 bits per heavy atom. The van der Waals surface area contributed by atoms with Crippen LogP contribution in [0.3, 0.4) is 0 Å². The van der Waals surface area contributed by atoms with Gasteiger partial charge in [0.25, 0.3) is 0 Å². The monoisotopic (exact) mass is 276 g/mol. The van der Waals surface area contributed by atoms with E-state index in [0.717, 1.165) is 39.3 Å². The third-order valence-corrected chi connectivity index (χ3v) is 4.09. The summed E-state index contributed by atoms with van der Waals surface area (Å²) < 4.78 is 5.36. The summed E-state index contributed by atoms with van der Waals surface area (Å²) in [4.78, 5) is 2.49. The van der Waals surface area contributed by atoms with Crippen molar-refractivity contribution in [1.29, 1.82) is 0 Å². The summed E-state index contributed by atoms with van der Waals surface area (Å²) in [5, 5.41) is 3.62. The van der Waals surface area contributed by atoms with E-state index in [1.807, 2.05) is 0 Å². The van der Waals surface area contributed by atoms with Gasteiger partial charge in [0.15, 0.2) is 0 Å². The van der Waals surface area contributed by atoms with Crippen molar-refractivity contribution >= 4 is 0 Å². The van der Waals surface area contributed by atoms with E-state index in [1.165, 1.54) is 24.1 Å². The van der Waals surface area contributed by atoms with Crippen LogP contribution in [0.2, 0.25) is 0 Å². The molecular weight excluding hydrogens is 248 g/mol. The fourth-order valence-electron chi connectivity index (χ4n) is 2.61. The molecule has 1 aromatic rings. The third-order valence-electron chi connectivity index (χ3n) is 4.09. The second kappa shape index (κ2) is 8.40. The second-order valence-corrected chi connectivity index (χ2v) is 5.58. The number of rotatable bonds is 7. The average Bonchev–Trinajstić information content (AvgIpc) is 2.52. The van der Waals surface area contributed by atoms with E-state index in [2.05, 4.69) is 48.3 Å². The lowest BCUT2D eigenvalue weighted by molar-refractivity contribution is 0.0374. The molecule has 112 valence electrons. The van der Waals surface area contributed by atoms with Crippen LogP contribution in [0.15, 0.2) is 24.3 Å². The normalized spacial score (nSPS) is 18.1. The summed E-state index contributed by atoms with van der Waals surface area (Å²) in [7, 11) is 0. The van der Waals surface area contributed by atoms with Crippen molar-refractivity contribution < 1.29 is 4.74 Å². The molecule has 0 aromatic heterocycles. The minimum Gasteiger partial charge on any atom is -0.379 e. The van der Waals surface area contributed by atoms with E-state index >= 15 is 0 Å². The van der Waals surface area contributed by atoms with Crippen LogP contribution in [-0.2, 0) is 11.2 Å². The van der Waals surface area contributed by atoms with Gasteiger partial charge in [-0.1, -0.05) is 31.2 Å². The number of hydrogen-bond acceptors (Lipinski definition) is 3. The minimum absolute atomic E-state index is 0.436. The molecule has 20 heavy (non-hydrogen) atoms. The first-order valence-electron chi connectivity index (χ1n) is 7.92. The molecule has 1 aliphatic rings. The van der Waals surface area contributed by atoms with E-state index in [4.69, 9.17) is 4.74 Å². The van der Waals surface area contributed by atoms with Gasteiger partial charge in [0.1, 0.15) is 0 Å². The van der Waals surface area contributed by atoms with Crippen LogP contribution in [0.4, 0.5) is 0 Å². The van der Waals surface area contributed by atoms with Crippen LogP contribution < -0.4 is 5.32 Å². The Morgan fingerprint density at radius 3 is 2.55 bits per heavy atom. The molecule has 1 unspecified atom stereocenters. The molecule has 1 heterocycles. The number of morpholine rings is 1. The Kier molecular flexibility index (Phi) is 6.51. The zero-order valence-electron chi connectivity index (χ0n) is 12.9. The molecule has 1 aliphatic heterocycles. The standard InChI is InChI=1S/C17H28N2O/c1-3-16-5-7-17(8-6-16)15(2)18-9-4-10-19-11-13-20-14-12-19/h5-8,15,18H,3-4,9-14H2,1-2H3. The molecule has 1 aromatic carbocycles. The minimum atomic E-state index is 0.436. The summed E-state index contributed by atoms with van der Waals surface area (Å²) in [5.74, 6) is 0. The Hall–Kier alpha value is -0.900. The molecule has 1 N–H and O–H groups in total. The Balaban J connectivity index is 1.64. The molecule has 0 amide bonds. The Morgan fingerprint density at radius 2 is 1.90 bits per heavy atom. The maximum atomic E-state index is 5.36. The Bertz CT molecular complexity index is 371. The highest BCUT2D eigenvalue weighted by Crippen LogP contribution is 2.13. The number of nitrogens with zero attached hydrogens (tertiary/aromatic N) is 1. The smallest absolute Gasteiger partial charge is 0.0594 e. The molecule has 0 saturated carbocycles. The lowest BCUT2D eigenvalue weighted by atomic mass is 10.0. The highest BCUT2D eigenvalue weighted by molar-refractivity contribution is 5.24. The number of ether oxygens (including phenoxy) is 1. The van der Waals surface area contributed by atoms with Crippen molar-refractivity contribution in [2.24, 2.45) is 0 Å². The van der Waals surface area contributed by atoms with Gasteiger partial charge in [-0.05, 0) is 44.0 Å². The Labute approximate surface area is 123 Å². The summed E-state index contributed by atoms with van der Waals surface area (Å²) in [6, 6.07) is 9.41. The van der Waals surface area contributed by atoms with Crippen molar-refractivity contribution in [3.8, 4) is 0 Å². The quantitative estimate of drug-likeness (QED) is 0.775. The molecule has 1 fully saturated rings. The first kappa shape index (κ1) is 15.5. The van der Waals surface area contributed by atoms with Crippen LogP contribution in [0.1, 0.15) is 37.4 Å². The second-order valence-electron chi connectivity index (χ2n) is 5.58. The fraction of sp³-hybridized carbons (Fsp3) is 0.647.